The van der Waals surface area contributed by atoms with Crippen LogP contribution in [0.2, 0.25) is 0 Å². The lowest BCUT2D eigenvalue weighted by Crippen LogP contribution is -1.92. The van der Waals surface area contributed by atoms with Crippen molar-refractivity contribution in [3.8, 4) is 0 Å². The predicted molar refractivity (Wildman–Crippen MR) is 60.7 cm³/mol. The number of thiophene rings is 1. The van der Waals surface area contributed by atoms with Crippen molar-refractivity contribution in [3.05, 3.63) is 34.5 Å². The van der Waals surface area contributed by atoms with Crippen LogP contribution in [0.3, 0.4) is 0 Å². The Morgan fingerprint density at radius 1 is 1.50 bits per heavy atom. The molecule has 0 fully saturated rings. The van der Waals surface area contributed by atoms with Crippen molar-refractivity contribution in [2.75, 3.05) is 0 Å². The van der Waals surface area contributed by atoms with E-state index in [2.05, 4.69) is 6.92 Å². The molecule has 1 aromatic carbocycles. The molecule has 2 rings (SSSR count). The summed E-state index contributed by atoms with van der Waals surface area (Å²) >= 11 is 7.23. The molecule has 1 heterocycles. The van der Waals surface area contributed by atoms with E-state index in [9.17, 15) is 4.39 Å². The lowest BCUT2D eigenvalue weighted by Gasteiger charge is -2.07. The van der Waals surface area contributed by atoms with E-state index in [0.717, 1.165) is 22.1 Å². The third-order valence-electron chi connectivity index (χ3n) is 2.39. The third kappa shape index (κ3) is 1.43. The summed E-state index contributed by atoms with van der Waals surface area (Å²) < 4.78 is 14.3. The van der Waals surface area contributed by atoms with Crippen molar-refractivity contribution in [3.63, 3.8) is 0 Å². The Morgan fingerprint density at radius 2 is 2.29 bits per heavy atom. The molecule has 0 aliphatic rings. The van der Waals surface area contributed by atoms with Crippen molar-refractivity contribution in [1.29, 1.82) is 0 Å². The number of alkyl halides is 1. The molecule has 3 heteroatoms. The van der Waals surface area contributed by atoms with Gasteiger partial charge in [0.2, 0.25) is 0 Å². The molecule has 0 saturated carbocycles. The minimum Gasteiger partial charge on any atom is -0.205 e. The van der Waals surface area contributed by atoms with E-state index in [1.54, 1.807) is 6.07 Å². The SMILES string of the molecule is CCc1c(CCl)cc(F)c2sccc12. The fourth-order valence-electron chi connectivity index (χ4n) is 1.75. The van der Waals surface area contributed by atoms with Crippen LogP contribution in [0.5, 0.6) is 0 Å². The molecule has 0 aliphatic carbocycles. The molecule has 1 aromatic heterocycles. The Hall–Kier alpha value is -0.600. The zero-order valence-corrected chi connectivity index (χ0v) is 9.38. The second-order valence-electron chi connectivity index (χ2n) is 3.15. The van der Waals surface area contributed by atoms with E-state index in [1.807, 2.05) is 11.4 Å². The highest BCUT2D eigenvalue weighted by atomic mass is 35.5. The molecule has 0 aliphatic heterocycles. The Kier molecular flexibility index (Phi) is 2.75. The van der Waals surface area contributed by atoms with Gasteiger partial charge < -0.3 is 0 Å². The molecule has 0 spiro atoms. The van der Waals surface area contributed by atoms with E-state index >= 15 is 0 Å². The molecule has 0 radical (unpaired) electrons. The summed E-state index contributed by atoms with van der Waals surface area (Å²) in [7, 11) is 0. The molecule has 0 nitrogen and oxygen atoms in total. The number of aryl methyl sites for hydroxylation is 1. The quantitative estimate of drug-likeness (QED) is 0.671. The number of rotatable bonds is 2. The molecule has 0 bridgehead atoms. The molecular formula is C11H10ClFS. The Bertz CT molecular complexity index is 462. The van der Waals surface area contributed by atoms with Gasteiger partial charge in [0.25, 0.3) is 0 Å². The highest BCUT2D eigenvalue weighted by molar-refractivity contribution is 7.17. The molecule has 2 aromatic rings. The maximum absolute atomic E-state index is 13.5. The van der Waals surface area contributed by atoms with Crippen molar-refractivity contribution in [2.45, 2.75) is 19.2 Å². The van der Waals surface area contributed by atoms with Gasteiger partial charge in [-0.15, -0.1) is 22.9 Å². The predicted octanol–water partition coefficient (Wildman–Crippen LogP) is 4.34. The van der Waals surface area contributed by atoms with Crippen molar-refractivity contribution in [2.24, 2.45) is 0 Å². The molecule has 0 amide bonds. The second-order valence-corrected chi connectivity index (χ2v) is 4.33. The molecule has 0 atom stereocenters. The third-order valence-corrected chi connectivity index (χ3v) is 3.60. The van der Waals surface area contributed by atoms with Gasteiger partial charge in [0, 0.05) is 5.88 Å². The van der Waals surface area contributed by atoms with E-state index < -0.39 is 0 Å². The minimum atomic E-state index is -0.150. The largest absolute Gasteiger partial charge is 0.205 e. The van der Waals surface area contributed by atoms with Crippen LogP contribution in [0.15, 0.2) is 17.5 Å². The van der Waals surface area contributed by atoms with Crippen LogP contribution in [0.1, 0.15) is 18.1 Å². The molecule has 0 N–H and O–H groups in total. The maximum Gasteiger partial charge on any atom is 0.141 e. The number of halogens is 2. The van der Waals surface area contributed by atoms with Crippen LogP contribution in [0.25, 0.3) is 10.1 Å². The van der Waals surface area contributed by atoms with Crippen LogP contribution >= 0.6 is 22.9 Å². The molecule has 0 saturated heterocycles. The fraction of sp³-hybridized carbons (Fsp3) is 0.273. The van der Waals surface area contributed by atoms with Crippen LogP contribution in [-0.2, 0) is 12.3 Å². The van der Waals surface area contributed by atoms with Gasteiger partial charge in [-0.25, -0.2) is 4.39 Å². The van der Waals surface area contributed by atoms with Crippen LogP contribution < -0.4 is 0 Å². The van der Waals surface area contributed by atoms with Gasteiger partial charge in [-0.05, 0) is 40.4 Å². The highest BCUT2D eigenvalue weighted by Crippen LogP contribution is 2.30. The second kappa shape index (κ2) is 3.87. The summed E-state index contributed by atoms with van der Waals surface area (Å²) in [6.07, 6.45) is 0.898. The monoisotopic (exact) mass is 228 g/mol. The highest BCUT2D eigenvalue weighted by Gasteiger charge is 2.10. The number of fused-ring (bicyclic) bond motifs is 1. The zero-order valence-electron chi connectivity index (χ0n) is 7.81. The van der Waals surface area contributed by atoms with E-state index in [1.165, 1.54) is 16.9 Å². The summed E-state index contributed by atoms with van der Waals surface area (Å²) in [5.41, 5.74) is 2.09. The Labute approximate surface area is 91.3 Å². The first kappa shape index (κ1) is 9.94. The summed E-state index contributed by atoms with van der Waals surface area (Å²) in [6, 6.07) is 3.53. The summed E-state index contributed by atoms with van der Waals surface area (Å²) in [6.45, 7) is 2.07. The topological polar surface area (TPSA) is 0 Å². The number of hydrogen-bond acceptors (Lipinski definition) is 1. The van der Waals surface area contributed by atoms with Gasteiger partial charge in [-0.2, -0.15) is 0 Å². The van der Waals surface area contributed by atoms with Gasteiger partial charge in [0.1, 0.15) is 5.82 Å². The van der Waals surface area contributed by atoms with Crippen molar-refractivity contribution >= 4 is 33.0 Å². The first-order chi connectivity index (χ1) is 6.77. The van der Waals surface area contributed by atoms with E-state index in [-0.39, 0.29) is 5.82 Å². The molecule has 74 valence electrons. The average Bonchev–Trinajstić information content (AvgIpc) is 2.66. The van der Waals surface area contributed by atoms with Gasteiger partial charge in [-0.3, -0.25) is 0 Å². The molecular weight excluding hydrogens is 219 g/mol. The summed E-state index contributed by atoms with van der Waals surface area (Å²) in [5, 5.41) is 2.94. The molecule has 14 heavy (non-hydrogen) atoms. The van der Waals surface area contributed by atoms with Crippen molar-refractivity contribution in [1.82, 2.24) is 0 Å². The smallest absolute Gasteiger partial charge is 0.141 e. The van der Waals surface area contributed by atoms with E-state index in [0.29, 0.717) is 5.88 Å². The van der Waals surface area contributed by atoms with Crippen LogP contribution in [0, 0.1) is 5.82 Å². The minimum absolute atomic E-state index is 0.150. The number of hydrogen-bond donors (Lipinski definition) is 0. The number of benzene rings is 1. The van der Waals surface area contributed by atoms with Crippen LogP contribution in [0.4, 0.5) is 4.39 Å². The van der Waals surface area contributed by atoms with Gasteiger partial charge in [0.15, 0.2) is 0 Å². The lowest BCUT2D eigenvalue weighted by molar-refractivity contribution is 0.640. The Balaban J connectivity index is 2.82. The van der Waals surface area contributed by atoms with Crippen molar-refractivity contribution < 1.29 is 4.39 Å². The zero-order chi connectivity index (χ0) is 10.1. The fourth-order valence-corrected chi connectivity index (χ4v) is 2.82. The van der Waals surface area contributed by atoms with Gasteiger partial charge >= 0.3 is 0 Å². The average molecular weight is 229 g/mol. The first-order valence-corrected chi connectivity index (χ1v) is 5.92. The summed E-state index contributed by atoms with van der Waals surface area (Å²) in [4.78, 5) is 0. The lowest BCUT2D eigenvalue weighted by atomic mass is 10.0. The summed E-state index contributed by atoms with van der Waals surface area (Å²) in [5.74, 6) is 0.231. The first-order valence-electron chi connectivity index (χ1n) is 4.51. The maximum atomic E-state index is 13.5. The van der Waals surface area contributed by atoms with Gasteiger partial charge in [0.05, 0.1) is 4.70 Å². The standard InChI is InChI=1S/C11H10ClFS/c1-2-8-7(6-12)5-10(13)11-9(8)3-4-14-11/h3-5H,2,6H2,1H3. The Morgan fingerprint density at radius 3 is 2.93 bits per heavy atom. The van der Waals surface area contributed by atoms with Crippen LogP contribution in [-0.4, -0.2) is 0 Å². The van der Waals surface area contributed by atoms with Gasteiger partial charge in [-0.1, -0.05) is 6.92 Å². The van der Waals surface area contributed by atoms with E-state index in [4.69, 9.17) is 11.6 Å². The molecule has 0 unspecified atom stereocenters. The normalized spacial score (nSPS) is 11.1.